The van der Waals surface area contributed by atoms with Crippen molar-refractivity contribution in [2.45, 2.75) is 20.0 Å². The molecule has 2 rings (SSSR count). The highest BCUT2D eigenvalue weighted by Crippen LogP contribution is 2.31. The predicted molar refractivity (Wildman–Crippen MR) is 69.2 cm³/mol. The molecule has 0 aliphatic carbocycles. The molecule has 0 saturated heterocycles. The zero-order chi connectivity index (χ0) is 13.7. The van der Waals surface area contributed by atoms with Gasteiger partial charge >= 0.3 is 0 Å². The largest absolute Gasteiger partial charge is 0.490 e. The van der Waals surface area contributed by atoms with Gasteiger partial charge in [-0.05, 0) is 31.5 Å². The average Bonchev–Trinajstić information content (AvgIpc) is 2.94. The quantitative estimate of drug-likeness (QED) is 0.829. The number of rotatable bonds is 6. The Morgan fingerprint density at radius 2 is 1.95 bits per heavy atom. The molecular weight excluding hydrogens is 246 g/mol. The Morgan fingerprint density at radius 3 is 2.58 bits per heavy atom. The maximum Gasteiger partial charge on any atom is 0.161 e. The van der Waals surface area contributed by atoms with E-state index in [2.05, 4.69) is 15.2 Å². The van der Waals surface area contributed by atoms with Crippen LogP contribution >= 0.6 is 0 Å². The molecule has 0 aliphatic heterocycles. The smallest absolute Gasteiger partial charge is 0.161 e. The van der Waals surface area contributed by atoms with Crippen molar-refractivity contribution in [2.24, 2.45) is 0 Å². The van der Waals surface area contributed by atoms with Crippen LogP contribution in [-0.2, 0) is 0 Å². The Labute approximate surface area is 111 Å². The first-order valence-electron chi connectivity index (χ1n) is 6.19. The number of aliphatic hydroxyl groups is 1. The van der Waals surface area contributed by atoms with Gasteiger partial charge < -0.3 is 14.6 Å². The molecule has 2 N–H and O–H groups in total. The normalized spacial score (nSPS) is 12.2. The van der Waals surface area contributed by atoms with Crippen LogP contribution in [-0.4, -0.2) is 33.5 Å². The molecule has 0 saturated carbocycles. The molecule has 102 valence electrons. The SMILES string of the molecule is CCOc1ccc(C(O)c2ncn[nH]2)cc1OCC. The first kappa shape index (κ1) is 13.4. The summed E-state index contributed by atoms with van der Waals surface area (Å²) < 4.78 is 11.0. The van der Waals surface area contributed by atoms with Crippen molar-refractivity contribution in [3.8, 4) is 11.5 Å². The summed E-state index contributed by atoms with van der Waals surface area (Å²) in [6.45, 7) is 4.90. The van der Waals surface area contributed by atoms with Crippen LogP contribution in [0, 0.1) is 0 Å². The minimum absolute atomic E-state index is 0.395. The van der Waals surface area contributed by atoms with E-state index in [0.29, 0.717) is 36.1 Å². The molecule has 1 aromatic carbocycles. The maximum absolute atomic E-state index is 10.2. The van der Waals surface area contributed by atoms with Crippen LogP contribution < -0.4 is 9.47 Å². The zero-order valence-electron chi connectivity index (χ0n) is 11.0. The molecule has 19 heavy (non-hydrogen) atoms. The monoisotopic (exact) mass is 263 g/mol. The third-order valence-corrected chi connectivity index (χ3v) is 2.58. The molecule has 0 bridgehead atoms. The van der Waals surface area contributed by atoms with Gasteiger partial charge in [0.15, 0.2) is 17.3 Å². The van der Waals surface area contributed by atoms with Crippen molar-refractivity contribution >= 4 is 0 Å². The lowest BCUT2D eigenvalue weighted by molar-refractivity contribution is 0.209. The van der Waals surface area contributed by atoms with Crippen molar-refractivity contribution in [1.29, 1.82) is 0 Å². The summed E-state index contributed by atoms with van der Waals surface area (Å²) in [5.74, 6) is 1.67. The van der Waals surface area contributed by atoms with Gasteiger partial charge in [0.05, 0.1) is 13.2 Å². The zero-order valence-corrected chi connectivity index (χ0v) is 11.0. The van der Waals surface area contributed by atoms with Gasteiger partial charge in [-0.1, -0.05) is 6.07 Å². The molecule has 1 atom stereocenters. The first-order valence-corrected chi connectivity index (χ1v) is 6.19. The summed E-state index contributed by atoms with van der Waals surface area (Å²) >= 11 is 0. The molecule has 0 spiro atoms. The number of ether oxygens (including phenoxy) is 2. The van der Waals surface area contributed by atoms with Crippen LogP contribution in [0.25, 0.3) is 0 Å². The van der Waals surface area contributed by atoms with E-state index < -0.39 is 6.10 Å². The summed E-state index contributed by atoms with van der Waals surface area (Å²) in [4.78, 5) is 3.94. The molecule has 1 heterocycles. The van der Waals surface area contributed by atoms with Gasteiger partial charge in [-0.3, -0.25) is 5.10 Å². The number of aliphatic hydroxyl groups excluding tert-OH is 1. The third kappa shape index (κ3) is 3.03. The second-order valence-corrected chi connectivity index (χ2v) is 3.85. The molecule has 1 unspecified atom stereocenters. The highest BCUT2D eigenvalue weighted by atomic mass is 16.5. The lowest BCUT2D eigenvalue weighted by atomic mass is 10.1. The topological polar surface area (TPSA) is 80.3 Å². The molecule has 0 aliphatic rings. The number of hydrogen-bond acceptors (Lipinski definition) is 5. The number of nitrogens with one attached hydrogen (secondary N) is 1. The van der Waals surface area contributed by atoms with Crippen molar-refractivity contribution in [2.75, 3.05) is 13.2 Å². The summed E-state index contributed by atoms with van der Waals surface area (Å²) in [6, 6.07) is 5.31. The van der Waals surface area contributed by atoms with Gasteiger partial charge in [0.2, 0.25) is 0 Å². The van der Waals surface area contributed by atoms with E-state index in [-0.39, 0.29) is 0 Å². The van der Waals surface area contributed by atoms with E-state index in [1.165, 1.54) is 6.33 Å². The molecule has 1 aromatic heterocycles. The molecule has 6 nitrogen and oxygen atoms in total. The Hall–Kier alpha value is -2.08. The maximum atomic E-state index is 10.2. The van der Waals surface area contributed by atoms with E-state index in [1.54, 1.807) is 18.2 Å². The molecule has 0 radical (unpaired) electrons. The van der Waals surface area contributed by atoms with Crippen LogP contribution in [0.5, 0.6) is 11.5 Å². The number of H-pyrrole nitrogens is 1. The van der Waals surface area contributed by atoms with E-state index in [1.807, 2.05) is 13.8 Å². The number of benzene rings is 1. The van der Waals surface area contributed by atoms with Crippen molar-refractivity contribution < 1.29 is 14.6 Å². The van der Waals surface area contributed by atoms with E-state index >= 15 is 0 Å². The average molecular weight is 263 g/mol. The predicted octanol–water partition coefficient (Wildman–Crippen LogP) is 1.68. The summed E-state index contributed by atoms with van der Waals surface area (Å²) in [5, 5.41) is 16.5. The fourth-order valence-electron chi connectivity index (χ4n) is 1.74. The summed E-state index contributed by atoms with van der Waals surface area (Å²) in [5.41, 5.74) is 0.670. The Balaban J connectivity index is 2.29. The summed E-state index contributed by atoms with van der Waals surface area (Å²) in [6.07, 6.45) is 0.494. The third-order valence-electron chi connectivity index (χ3n) is 2.58. The van der Waals surface area contributed by atoms with E-state index in [4.69, 9.17) is 9.47 Å². The first-order chi connectivity index (χ1) is 9.26. The fraction of sp³-hybridized carbons (Fsp3) is 0.385. The van der Waals surface area contributed by atoms with Gasteiger partial charge in [-0.25, -0.2) is 4.98 Å². The Kier molecular flexibility index (Phi) is 4.35. The van der Waals surface area contributed by atoms with Crippen molar-refractivity contribution in [1.82, 2.24) is 15.2 Å². The minimum atomic E-state index is -0.864. The number of nitrogens with zero attached hydrogens (tertiary/aromatic N) is 2. The minimum Gasteiger partial charge on any atom is -0.490 e. The highest BCUT2D eigenvalue weighted by molar-refractivity contribution is 5.44. The lowest BCUT2D eigenvalue weighted by Crippen LogP contribution is -2.04. The lowest BCUT2D eigenvalue weighted by Gasteiger charge is -2.14. The number of hydrogen-bond donors (Lipinski definition) is 2. The molecular formula is C13H17N3O3. The van der Waals surface area contributed by atoms with Gasteiger partial charge in [0.1, 0.15) is 12.4 Å². The van der Waals surface area contributed by atoms with E-state index in [0.717, 1.165) is 0 Å². The standard InChI is InChI=1S/C13H17N3O3/c1-3-18-10-6-5-9(7-11(10)19-4-2)12(17)13-14-8-15-16-13/h5-8,12,17H,3-4H2,1-2H3,(H,14,15,16). The Bertz CT molecular complexity index is 514. The van der Waals surface area contributed by atoms with Gasteiger partial charge in [-0.15, -0.1) is 0 Å². The Morgan fingerprint density at radius 1 is 1.21 bits per heavy atom. The molecule has 2 aromatic rings. The van der Waals surface area contributed by atoms with Crippen LogP contribution in [0.1, 0.15) is 31.3 Å². The van der Waals surface area contributed by atoms with Gasteiger partial charge in [0, 0.05) is 0 Å². The number of aromatic nitrogens is 3. The van der Waals surface area contributed by atoms with Crippen molar-refractivity contribution in [3.05, 3.63) is 35.9 Å². The number of aromatic amines is 1. The van der Waals surface area contributed by atoms with Crippen LogP contribution in [0.2, 0.25) is 0 Å². The van der Waals surface area contributed by atoms with Crippen LogP contribution in [0.3, 0.4) is 0 Å². The molecule has 0 amide bonds. The fourth-order valence-corrected chi connectivity index (χ4v) is 1.74. The van der Waals surface area contributed by atoms with Gasteiger partial charge in [0.25, 0.3) is 0 Å². The summed E-state index contributed by atoms with van der Waals surface area (Å²) in [7, 11) is 0. The molecule has 0 fully saturated rings. The van der Waals surface area contributed by atoms with Crippen molar-refractivity contribution in [3.63, 3.8) is 0 Å². The van der Waals surface area contributed by atoms with Crippen LogP contribution in [0.15, 0.2) is 24.5 Å². The van der Waals surface area contributed by atoms with Gasteiger partial charge in [-0.2, -0.15) is 5.10 Å². The van der Waals surface area contributed by atoms with E-state index in [9.17, 15) is 5.11 Å². The second-order valence-electron chi connectivity index (χ2n) is 3.85. The molecule has 6 heteroatoms. The van der Waals surface area contributed by atoms with Crippen LogP contribution in [0.4, 0.5) is 0 Å². The second kappa shape index (κ2) is 6.19. The highest BCUT2D eigenvalue weighted by Gasteiger charge is 2.16.